The van der Waals surface area contributed by atoms with Crippen LogP contribution in [0, 0.1) is 0 Å². The molecule has 150 valence electrons. The lowest BCUT2D eigenvalue weighted by Gasteiger charge is -2.34. The molecule has 2 fully saturated rings. The quantitative estimate of drug-likeness (QED) is 0.824. The molecule has 1 aromatic carbocycles. The van der Waals surface area contributed by atoms with E-state index in [1.165, 1.54) is 0 Å². The minimum absolute atomic E-state index is 0.108. The number of sulfonamides is 1. The first kappa shape index (κ1) is 20.3. The van der Waals surface area contributed by atoms with E-state index in [2.05, 4.69) is 10.2 Å². The number of benzene rings is 1. The lowest BCUT2D eigenvalue weighted by molar-refractivity contribution is -0.121. The molecule has 2 heterocycles. The van der Waals surface area contributed by atoms with E-state index in [4.69, 9.17) is 4.74 Å². The predicted molar refractivity (Wildman–Crippen MR) is 104 cm³/mol. The van der Waals surface area contributed by atoms with Gasteiger partial charge in [-0.05, 0) is 51.0 Å². The van der Waals surface area contributed by atoms with Crippen molar-refractivity contribution >= 4 is 21.6 Å². The van der Waals surface area contributed by atoms with Crippen LogP contribution in [0.1, 0.15) is 33.1 Å². The van der Waals surface area contributed by atoms with Gasteiger partial charge in [0.2, 0.25) is 15.9 Å². The van der Waals surface area contributed by atoms with E-state index in [9.17, 15) is 13.2 Å². The molecule has 2 atom stereocenters. The molecule has 3 rings (SSSR count). The first-order valence-electron chi connectivity index (χ1n) is 9.62. The second-order valence-electron chi connectivity index (χ2n) is 7.49. The van der Waals surface area contributed by atoms with Gasteiger partial charge in [-0.15, -0.1) is 0 Å². The highest BCUT2D eigenvalue weighted by Gasteiger charge is 2.26. The van der Waals surface area contributed by atoms with E-state index in [1.807, 2.05) is 13.8 Å². The Morgan fingerprint density at radius 3 is 2.26 bits per heavy atom. The third-order valence-corrected chi connectivity index (χ3v) is 6.87. The Bertz CT molecular complexity index is 735. The van der Waals surface area contributed by atoms with Crippen molar-refractivity contribution in [1.82, 2.24) is 9.21 Å². The highest BCUT2D eigenvalue weighted by molar-refractivity contribution is 7.89. The summed E-state index contributed by atoms with van der Waals surface area (Å²) in [5, 5.41) is 2.85. The van der Waals surface area contributed by atoms with E-state index >= 15 is 0 Å². The Kier molecular flexibility index (Phi) is 6.52. The first-order valence-corrected chi connectivity index (χ1v) is 11.1. The van der Waals surface area contributed by atoms with Gasteiger partial charge >= 0.3 is 0 Å². The van der Waals surface area contributed by atoms with Crippen molar-refractivity contribution in [3.05, 3.63) is 24.3 Å². The second-order valence-corrected chi connectivity index (χ2v) is 9.43. The van der Waals surface area contributed by atoms with Crippen LogP contribution in [-0.2, 0) is 19.6 Å². The molecule has 0 unspecified atom stereocenters. The lowest BCUT2D eigenvalue weighted by Crippen LogP contribution is -2.48. The zero-order chi connectivity index (χ0) is 19.4. The van der Waals surface area contributed by atoms with Gasteiger partial charge < -0.3 is 10.1 Å². The number of amides is 1. The Morgan fingerprint density at radius 1 is 1.07 bits per heavy atom. The second kappa shape index (κ2) is 8.68. The summed E-state index contributed by atoms with van der Waals surface area (Å²) >= 11 is 0. The van der Waals surface area contributed by atoms with Crippen molar-refractivity contribution in [2.75, 3.05) is 38.0 Å². The summed E-state index contributed by atoms with van der Waals surface area (Å²) in [6, 6.07) is 6.44. The Labute approximate surface area is 161 Å². The lowest BCUT2D eigenvalue weighted by atomic mass is 10.2. The number of nitrogens with zero attached hydrogens (tertiary/aromatic N) is 2. The molecule has 1 aromatic rings. The van der Waals surface area contributed by atoms with Gasteiger partial charge in [0.1, 0.15) is 0 Å². The normalized spacial score (nSPS) is 25.3. The third-order valence-electron chi connectivity index (χ3n) is 4.95. The zero-order valence-corrected chi connectivity index (χ0v) is 16.9. The molecule has 0 saturated carbocycles. The van der Waals surface area contributed by atoms with Crippen LogP contribution < -0.4 is 5.32 Å². The highest BCUT2D eigenvalue weighted by Crippen LogP contribution is 2.22. The van der Waals surface area contributed by atoms with Crippen LogP contribution in [-0.4, -0.2) is 68.5 Å². The monoisotopic (exact) mass is 395 g/mol. The van der Waals surface area contributed by atoms with Gasteiger partial charge in [0, 0.05) is 31.9 Å². The summed E-state index contributed by atoms with van der Waals surface area (Å²) in [7, 11) is -3.44. The minimum atomic E-state index is -3.44. The number of hydrogen-bond donors (Lipinski definition) is 1. The van der Waals surface area contributed by atoms with E-state index < -0.39 is 10.0 Å². The fourth-order valence-electron chi connectivity index (χ4n) is 3.78. The van der Waals surface area contributed by atoms with Crippen molar-refractivity contribution in [1.29, 1.82) is 0 Å². The highest BCUT2D eigenvalue weighted by atomic mass is 32.2. The molecule has 2 aliphatic rings. The molecule has 1 N–H and O–H groups in total. The zero-order valence-electron chi connectivity index (χ0n) is 16.1. The van der Waals surface area contributed by atoms with Crippen molar-refractivity contribution in [2.24, 2.45) is 0 Å². The van der Waals surface area contributed by atoms with E-state index in [-0.39, 0.29) is 23.0 Å². The largest absolute Gasteiger partial charge is 0.373 e. The first-order chi connectivity index (χ1) is 12.8. The molecule has 2 saturated heterocycles. The summed E-state index contributed by atoms with van der Waals surface area (Å²) in [6.45, 7) is 6.92. The maximum atomic E-state index is 12.7. The minimum Gasteiger partial charge on any atom is -0.373 e. The van der Waals surface area contributed by atoms with Crippen LogP contribution in [0.3, 0.4) is 0 Å². The Morgan fingerprint density at radius 2 is 1.67 bits per heavy atom. The number of carbonyl (C=O) groups is 1. The molecular weight excluding hydrogens is 366 g/mol. The predicted octanol–water partition coefficient (Wildman–Crippen LogP) is 1.91. The van der Waals surface area contributed by atoms with E-state index in [0.717, 1.165) is 32.4 Å². The van der Waals surface area contributed by atoms with Crippen LogP contribution in [0.5, 0.6) is 0 Å². The smallest absolute Gasteiger partial charge is 0.243 e. The molecule has 7 nitrogen and oxygen atoms in total. The Hall–Kier alpha value is -1.48. The average Bonchev–Trinajstić information content (AvgIpc) is 2.62. The number of ether oxygens (including phenoxy) is 1. The number of carbonyl (C=O) groups excluding carboxylic acids is 1. The summed E-state index contributed by atoms with van der Waals surface area (Å²) in [6.07, 6.45) is 3.12. The molecule has 27 heavy (non-hydrogen) atoms. The van der Waals surface area contributed by atoms with Crippen molar-refractivity contribution < 1.29 is 17.9 Å². The molecule has 0 aromatic heterocycles. The van der Waals surface area contributed by atoms with Crippen molar-refractivity contribution in [2.45, 2.75) is 50.2 Å². The molecule has 0 bridgehead atoms. The topological polar surface area (TPSA) is 79.0 Å². The fourth-order valence-corrected chi connectivity index (χ4v) is 5.30. The molecule has 0 radical (unpaired) electrons. The number of piperidine rings is 1. The van der Waals surface area contributed by atoms with Crippen LogP contribution in [0.15, 0.2) is 29.2 Å². The molecule has 8 heteroatoms. The molecule has 0 spiro atoms. The number of anilines is 1. The molecule has 0 aliphatic carbocycles. The maximum absolute atomic E-state index is 12.7. The van der Waals surface area contributed by atoms with Crippen LogP contribution in [0.2, 0.25) is 0 Å². The SMILES string of the molecule is C[C@@H]1CN(CC(=O)Nc2ccc(S(=O)(=O)N3CCCCC3)cc2)C[C@@H](C)O1. The van der Waals surface area contributed by atoms with E-state index in [0.29, 0.717) is 25.3 Å². The van der Waals surface area contributed by atoms with Crippen molar-refractivity contribution in [3.8, 4) is 0 Å². The summed E-state index contributed by atoms with van der Waals surface area (Å²) in [5.74, 6) is -0.108. The van der Waals surface area contributed by atoms with Gasteiger partial charge in [0.15, 0.2) is 0 Å². The summed E-state index contributed by atoms with van der Waals surface area (Å²) in [5.41, 5.74) is 0.604. The van der Waals surface area contributed by atoms with E-state index in [1.54, 1.807) is 28.6 Å². The number of morpholine rings is 1. The van der Waals surface area contributed by atoms with Gasteiger partial charge in [0.05, 0.1) is 23.6 Å². The maximum Gasteiger partial charge on any atom is 0.243 e. The van der Waals surface area contributed by atoms with Crippen LogP contribution in [0.4, 0.5) is 5.69 Å². The third kappa shape index (κ3) is 5.28. The average molecular weight is 396 g/mol. The van der Waals surface area contributed by atoms with Crippen LogP contribution >= 0.6 is 0 Å². The Balaban J connectivity index is 1.58. The number of hydrogen-bond acceptors (Lipinski definition) is 5. The van der Waals surface area contributed by atoms with Gasteiger partial charge in [-0.3, -0.25) is 9.69 Å². The summed E-state index contributed by atoms with van der Waals surface area (Å²) < 4.78 is 32.6. The van der Waals surface area contributed by atoms with Gasteiger partial charge in [0.25, 0.3) is 0 Å². The van der Waals surface area contributed by atoms with Gasteiger partial charge in [-0.25, -0.2) is 8.42 Å². The standard InChI is InChI=1S/C19H29N3O4S/c1-15-12-21(13-16(2)26-15)14-19(23)20-17-6-8-18(9-7-17)27(24,25)22-10-4-3-5-11-22/h6-9,15-16H,3-5,10-14H2,1-2H3,(H,20,23)/t15-,16-/m1/s1. The van der Waals surface area contributed by atoms with Gasteiger partial charge in [-0.2, -0.15) is 4.31 Å². The molecule has 2 aliphatic heterocycles. The number of rotatable bonds is 5. The summed E-state index contributed by atoms with van der Waals surface area (Å²) in [4.78, 5) is 14.7. The molecule has 1 amide bonds. The molecular formula is C19H29N3O4S. The number of nitrogens with one attached hydrogen (secondary N) is 1. The fraction of sp³-hybridized carbons (Fsp3) is 0.632. The van der Waals surface area contributed by atoms with Crippen molar-refractivity contribution in [3.63, 3.8) is 0 Å². The van der Waals surface area contributed by atoms with Crippen LogP contribution in [0.25, 0.3) is 0 Å². The van der Waals surface area contributed by atoms with Gasteiger partial charge in [-0.1, -0.05) is 6.42 Å².